The number of rotatable bonds is 8. The molecule has 2 amide bonds. The average Bonchev–Trinajstić information content (AvgIpc) is 3.20. The molecule has 3 aromatic rings. The highest BCUT2D eigenvalue weighted by Gasteiger charge is 2.37. The van der Waals surface area contributed by atoms with E-state index in [1.54, 1.807) is 60.3 Å². The first-order valence-corrected chi connectivity index (χ1v) is 12.1. The third-order valence-corrected chi connectivity index (χ3v) is 6.54. The van der Waals surface area contributed by atoms with Crippen molar-refractivity contribution in [3.63, 3.8) is 0 Å². The molecule has 1 aliphatic rings. The summed E-state index contributed by atoms with van der Waals surface area (Å²) in [6.45, 7) is 4.88. The molecule has 8 nitrogen and oxygen atoms in total. The Balaban J connectivity index is 1.47. The largest absolute Gasteiger partial charge is 0.421 e. The van der Waals surface area contributed by atoms with Gasteiger partial charge in [-0.05, 0) is 50.6 Å². The molecule has 0 bridgehead atoms. The van der Waals surface area contributed by atoms with E-state index in [4.69, 9.17) is 23.2 Å². The van der Waals surface area contributed by atoms with Gasteiger partial charge in [0, 0.05) is 55.1 Å². The second kappa shape index (κ2) is 10.6. The van der Waals surface area contributed by atoms with Crippen molar-refractivity contribution < 1.29 is 18.0 Å². The number of anilines is 4. The van der Waals surface area contributed by atoms with Crippen LogP contribution in [-0.2, 0) is 6.18 Å². The van der Waals surface area contributed by atoms with Crippen LogP contribution in [0.1, 0.15) is 25.8 Å². The molecule has 3 heterocycles. The number of halogens is 5. The second-order valence-corrected chi connectivity index (χ2v) is 9.91. The summed E-state index contributed by atoms with van der Waals surface area (Å²) in [5, 5.41) is 6.36. The van der Waals surface area contributed by atoms with E-state index < -0.39 is 17.3 Å². The number of alkyl halides is 3. The molecule has 13 heteroatoms. The number of hydrogen-bond acceptors (Lipinski definition) is 6. The monoisotopic (exact) mass is 553 g/mol. The first kappa shape index (κ1) is 26.7. The molecule has 4 rings (SSSR count). The topological polar surface area (TPSA) is 86.3 Å². The van der Waals surface area contributed by atoms with Gasteiger partial charge in [0.25, 0.3) is 0 Å². The fourth-order valence-corrected chi connectivity index (χ4v) is 4.10. The number of pyridine rings is 1. The van der Waals surface area contributed by atoms with Crippen LogP contribution in [0.25, 0.3) is 0 Å². The Bertz CT molecular complexity index is 1270. The summed E-state index contributed by atoms with van der Waals surface area (Å²) in [7, 11) is 0. The number of hydrogen-bond donors (Lipinski definition) is 2. The Morgan fingerprint density at radius 3 is 2.46 bits per heavy atom. The number of carbonyl (C=O) groups is 1. The predicted octanol–water partition coefficient (Wildman–Crippen LogP) is 6.46. The summed E-state index contributed by atoms with van der Waals surface area (Å²) in [6, 6.07) is 8.02. The van der Waals surface area contributed by atoms with Crippen molar-refractivity contribution in [3.05, 3.63) is 64.5 Å². The van der Waals surface area contributed by atoms with Gasteiger partial charge in [0.15, 0.2) is 0 Å². The molecule has 0 saturated carbocycles. The molecule has 1 aromatic carbocycles. The third kappa shape index (κ3) is 6.53. The maximum atomic E-state index is 13.7. The van der Waals surface area contributed by atoms with E-state index >= 15 is 0 Å². The zero-order valence-corrected chi connectivity index (χ0v) is 21.5. The molecule has 37 heavy (non-hydrogen) atoms. The lowest BCUT2D eigenvalue weighted by molar-refractivity contribution is -0.137. The number of nitrogens with zero attached hydrogens (tertiary/aromatic N) is 5. The number of aromatic nitrogens is 3. The third-order valence-electron chi connectivity index (χ3n) is 5.80. The van der Waals surface area contributed by atoms with Crippen molar-refractivity contribution in [3.8, 4) is 0 Å². The predicted molar refractivity (Wildman–Crippen MR) is 138 cm³/mol. The lowest BCUT2D eigenvalue weighted by Gasteiger charge is -2.30. The lowest BCUT2D eigenvalue weighted by atomic mass is 10.00. The molecule has 0 aliphatic carbocycles. The van der Waals surface area contributed by atoms with Gasteiger partial charge in [-0.15, -0.1) is 0 Å². The van der Waals surface area contributed by atoms with Gasteiger partial charge in [0.2, 0.25) is 5.95 Å². The van der Waals surface area contributed by atoms with E-state index in [9.17, 15) is 18.0 Å². The van der Waals surface area contributed by atoms with Crippen molar-refractivity contribution in [2.24, 2.45) is 0 Å². The van der Waals surface area contributed by atoms with Gasteiger partial charge in [-0.25, -0.2) is 9.78 Å². The summed E-state index contributed by atoms with van der Waals surface area (Å²) >= 11 is 11.9. The van der Waals surface area contributed by atoms with Gasteiger partial charge in [-0.3, -0.25) is 9.88 Å². The van der Waals surface area contributed by atoms with Gasteiger partial charge in [-0.1, -0.05) is 23.2 Å². The molecule has 0 radical (unpaired) electrons. The first-order chi connectivity index (χ1) is 17.4. The minimum atomic E-state index is -4.67. The molecule has 2 aromatic heterocycles. The quantitative estimate of drug-likeness (QED) is 0.332. The summed E-state index contributed by atoms with van der Waals surface area (Å²) < 4.78 is 41.2. The normalized spacial score (nSPS) is 14.3. The van der Waals surface area contributed by atoms with Crippen LogP contribution in [0.3, 0.4) is 0 Å². The highest BCUT2D eigenvalue weighted by atomic mass is 35.5. The van der Waals surface area contributed by atoms with Crippen LogP contribution >= 0.6 is 23.2 Å². The summed E-state index contributed by atoms with van der Waals surface area (Å²) in [4.78, 5) is 28.0. The molecule has 0 unspecified atom stereocenters. The Morgan fingerprint density at radius 2 is 1.78 bits per heavy atom. The Labute approximate surface area is 221 Å². The highest BCUT2D eigenvalue weighted by molar-refractivity contribution is 6.42. The molecule has 0 atom stereocenters. The van der Waals surface area contributed by atoms with Gasteiger partial charge in [-0.2, -0.15) is 18.2 Å². The van der Waals surface area contributed by atoms with Crippen molar-refractivity contribution in [2.75, 3.05) is 35.2 Å². The van der Waals surface area contributed by atoms with Crippen LogP contribution in [0, 0.1) is 0 Å². The number of carbonyl (C=O) groups excluding carboxylic acids is 1. The van der Waals surface area contributed by atoms with E-state index in [-0.39, 0.29) is 22.8 Å². The number of benzene rings is 1. The number of amides is 2. The number of urea groups is 1. The van der Waals surface area contributed by atoms with Crippen molar-refractivity contribution >= 4 is 52.4 Å². The molecular formula is C24H24Cl2F3N7O. The van der Waals surface area contributed by atoms with E-state index in [1.165, 1.54) is 6.07 Å². The molecule has 196 valence electrons. The zero-order chi connectivity index (χ0) is 26.8. The summed E-state index contributed by atoms with van der Waals surface area (Å²) in [5.41, 5.74) is -0.621. The molecule has 2 N–H and O–H groups in total. The van der Waals surface area contributed by atoms with E-state index in [0.717, 1.165) is 11.9 Å². The Morgan fingerprint density at radius 1 is 1.05 bits per heavy atom. The van der Waals surface area contributed by atoms with Gasteiger partial charge < -0.3 is 15.5 Å². The highest BCUT2D eigenvalue weighted by Crippen LogP contribution is 2.36. The first-order valence-electron chi connectivity index (χ1n) is 11.3. The fourth-order valence-electron chi connectivity index (χ4n) is 3.80. The SMILES string of the molecule is CC(C)(CCN1CCN(c2ccncc2)C1=O)Nc1nc(Nc2ccc(Cl)c(Cl)c2)ncc1C(F)(F)F. The fraction of sp³-hybridized carbons (Fsp3) is 0.333. The molecule has 1 saturated heterocycles. The Hall–Kier alpha value is -3.31. The van der Waals surface area contributed by atoms with Gasteiger partial charge in [0.05, 0.1) is 10.0 Å². The zero-order valence-electron chi connectivity index (χ0n) is 20.0. The van der Waals surface area contributed by atoms with Gasteiger partial charge >= 0.3 is 12.2 Å². The maximum absolute atomic E-state index is 13.7. The average molecular weight is 554 g/mol. The lowest BCUT2D eigenvalue weighted by Crippen LogP contribution is -2.39. The van der Waals surface area contributed by atoms with E-state index in [0.29, 0.717) is 36.8 Å². The summed E-state index contributed by atoms with van der Waals surface area (Å²) in [5.74, 6) is -0.423. The second-order valence-electron chi connectivity index (χ2n) is 9.09. The molecule has 0 spiro atoms. The van der Waals surface area contributed by atoms with Crippen molar-refractivity contribution in [1.29, 1.82) is 0 Å². The summed E-state index contributed by atoms with van der Waals surface area (Å²) in [6.07, 6.45) is -0.343. The molecular weight excluding hydrogens is 530 g/mol. The van der Waals surface area contributed by atoms with Crippen LogP contribution in [0.4, 0.5) is 41.1 Å². The van der Waals surface area contributed by atoms with Crippen LogP contribution in [0.5, 0.6) is 0 Å². The number of nitrogens with one attached hydrogen (secondary N) is 2. The van der Waals surface area contributed by atoms with Crippen LogP contribution in [0.2, 0.25) is 10.0 Å². The van der Waals surface area contributed by atoms with Crippen molar-refractivity contribution in [1.82, 2.24) is 19.9 Å². The van der Waals surface area contributed by atoms with Crippen LogP contribution in [-0.4, -0.2) is 51.1 Å². The molecule has 1 fully saturated rings. The van der Waals surface area contributed by atoms with Crippen LogP contribution < -0.4 is 15.5 Å². The maximum Gasteiger partial charge on any atom is 0.421 e. The minimum absolute atomic E-state index is 0.0487. The Kier molecular flexibility index (Phi) is 7.65. The van der Waals surface area contributed by atoms with E-state index in [2.05, 4.69) is 25.6 Å². The van der Waals surface area contributed by atoms with Crippen molar-refractivity contribution in [2.45, 2.75) is 32.0 Å². The standard InChI is InChI=1S/C24H24Cl2F3N7O/c1-23(2,7-10-35-11-12-36(22(35)37)16-5-8-30-9-6-16)34-20-17(24(27,28)29)14-31-21(33-20)32-15-3-4-18(25)19(26)13-15/h3-6,8-9,13-14H,7,10-12H2,1-2H3,(H2,31,32,33,34). The van der Waals surface area contributed by atoms with Gasteiger partial charge in [0.1, 0.15) is 11.4 Å². The molecule has 1 aliphatic heterocycles. The smallest absolute Gasteiger partial charge is 0.364 e. The van der Waals surface area contributed by atoms with Crippen LogP contribution in [0.15, 0.2) is 48.9 Å². The minimum Gasteiger partial charge on any atom is -0.364 e. The van der Waals surface area contributed by atoms with E-state index in [1.807, 2.05) is 0 Å².